The number of hydrogen-bond acceptors (Lipinski definition) is 1. The first-order valence-corrected chi connectivity index (χ1v) is 23.6. The molecule has 0 saturated carbocycles. The lowest BCUT2D eigenvalue weighted by molar-refractivity contribution is -0.997. The molecule has 1 atom stereocenters. The van der Waals surface area contributed by atoms with Gasteiger partial charge in [0.15, 0.2) is 23.0 Å². The van der Waals surface area contributed by atoms with E-state index in [0.29, 0.717) is 5.92 Å². The van der Waals surface area contributed by atoms with Crippen LogP contribution in [0.2, 0.25) is 0 Å². The average molecular weight is 861 g/mol. The van der Waals surface area contributed by atoms with Gasteiger partial charge in [-0.1, -0.05) is 139 Å². The van der Waals surface area contributed by atoms with Crippen LogP contribution in [0.15, 0.2) is 152 Å². The van der Waals surface area contributed by atoms with E-state index in [9.17, 15) is 1.37 Å². The fourth-order valence-electron chi connectivity index (χ4n) is 11.5. The van der Waals surface area contributed by atoms with Crippen molar-refractivity contribution in [2.24, 2.45) is 0 Å². The van der Waals surface area contributed by atoms with Gasteiger partial charge in [-0.05, 0) is 147 Å². The summed E-state index contributed by atoms with van der Waals surface area (Å²) >= 11 is 0. The standard InChI is InChI=1S/C62H57N3O/c1-36(2)47-18-14-19-48(37(3)4)56(47)45-26-27-53(39(6)32-45)64-54-21-15-20-49-50-34-46(61(8,9)10)35-51-55-33-44(43-24-22-42(23-25-43)41-16-12-11-13-17-41)28-29-63(55)62(57(50)51)65(58(49)54)60(64)52-31-38(5)30-40(7)59(52)66-62/h11-37H,1-10H3/q+2/i36D. The molecule has 0 aliphatic carbocycles. The van der Waals surface area contributed by atoms with Gasteiger partial charge < -0.3 is 4.74 Å². The van der Waals surface area contributed by atoms with Crippen molar-refractivity contribution in [2.75, 3.05) is 0 Å². The smallest absolute Gasteiger partial charge is 0.392 e. The number of aromatic nitrogens is 3. The topological polar surface area (TPSA) is 21.9 Å². The highest BCUT2D eigenvalue weighted by Gasteiger charge is 2.68. The van der Waals surface area contributed by atoms with Crippen molar-refractivity contribution in [1.82, 2.24) is 4.57 Å². The molecule has 0 radical (unpaired) electrons. The molecule has 1 spiro atoms. The number of hydrogen-bond donors (Lipinski definition) is 0. The van der Waals surface area contributed by atoms with Crippen LogP contribution in [0.4, 0.5) is 0 Å². The number of rotatable bonds is 6. The van der Waals surface area contributed by atoms with E-state index >= 15 is 0 Å². The Hall–Kier alpha value is -7.04. The summed E-state index contributed by atoms with van der Waals surface area (Å²) in [6, 6.07) is 54.0. The first kappa shape index (κ1) is 39.3. The van der Waals surface area contributed by atoms with Crippen LogP contribution in [-0.4, -0.2) is 4.57 Å². The highest BCUT2D eigenvalue weighted by molar-refractivity contribution is 5.98. The number of fused-ring (bicyclic) bond motifs is 5. The maximum absolute atomic E-state index is 9.22. The second kappa shape index (κ2) is 14.2. The Balaban J connectivity index is 1.15. The predicted molar refractivity (Wildman–Crippen MR) is 270 cm³/mol. The van der Waals surface area contributed by atoms with Crippen molar-refractivity contribution in [3.63, 3.8) is 0 Å². The summed E-state index contributed by atoms with van der Waals surface area (Å²) in [7, 11) is 0. The lowest BCUT2D eigenvalue weighted by Gasteiger charge is -2.33. The number of benzene rings is 7. The normalized spacial score (nSPS) is 15.7. The number of para-hydroxylation sites is 1. The van der Waals surface area contributed by atoms with Crippen LogP contribution >= 0.6 is 0 Å². The van der Waals surface area contributed by atoms with Crippen molar-refractivity contribution < 1.29 is 15.2 Å². The van der Waals surface area contributed by atoms with E-state index in [1.807, 2.05) is 13.8 Å². The lowest BCUT2D eigenvalue weighted by Crippen LogP contribution is -2.78. The van der Waals surface area contributed by atoms with E-state index in [1.165, 1.54) is 61.2 Å². The SMILES string of the molecule is [2H]C(C)(C)c1cccc(C(C)C)c1-c1ccc(-n2c3[n+]4c5c(cccc52)-c2cc(C(C)(C)C)cc5c2C4(Oc2c(C)cc(C)cc2-3)[n+]2ccc(-c3ccc(-c4ccccc4)cc3)cc2-5)c(C)c1. The van der Waals surface area contributed by atoms with Gasteiger partial charge in [0, 0.05) is 24.6 Å². The van der Waals surface area contributed by atoms with Crippen LogP contribution in [0.1, 0.15) is 101 Å². The van der Waals surface area contributed by atoms with Crippen molar-refractivity contribution in [3.8, 4) is 78.6 Å². The molecule has 0 N–H and O–H groups in total. The van der Waals surface area contributed by atoms with Gasteiger partial charge in [-0.15, -0.1) is 9.13 Å². The van der Waals surface area contributed by atoms with Gasteiger partial charge >= 0.3 is 11.7 Å². The Bertz CT molecular complexity index is 3560. The van der Waals surface area contributed by atoms with Gasteiger partial charge in [0.05, 0.1) is 5.56 Å². The zero-order valence-electron chi connectivity index (χ0n) is 40.8. The van der Waals surface area contributed by atoms with Gasteiger partial charge in [-0.2, -0.15) is 4.57 Å². The van der Waals surface area contributed by atoms with Crippen molar-refractivity contribution in [2.45, 2.75) is 92.3 Å². The minimum atomic E-state index is -1.05. The van der Waals surface area contributed by atoms with Crippen LogP contribution in [0.3, 0.4) is 0 Å². The van der Waals surface area contributed by atoms with Gasteiger partial charge in [-0.3, -0.25) is 0 Å². The number of pyridine rings is 1. The third-order valence-electron chi connectivity index (χ3n) is 14.6. The monoisotopic (exact) mass is 860 g/mol. The molecular weight excluding hydrogens is 803 g/mol. The molecular formula is C62H57N3O+2. The summed E-state index contributed by atoms with van der Waals surface area (Å²) in [5, 5.41) is 0. The maximum Gasteiger partial charge on any atom is 0.499 e. The molecule has 3 aliphatic rings. The molecule has 7 aromatic carbocycles. The summed E-state index contributed by atoms with van der Waals surface area (Å²) in [6.07, 6.45) is 2.27. The summed E-state index contributed by atoms with van der Waals surface area (Å²) in [5.74, 6) is 0.493. The third kappa shape index (κ3) is 5.63. The molecule has 66 heavy (non-hydrogen) atoms. The number of aryl methyl sites for hydroxylation is 3. The molecule has 4 heteroatoms. The Labute approximate surface area is 390 Å². The van der Waals surface area contributed by atoms with Crippen LogP contribution in [0, 0.1) is 20.8 Å². The number of imidazole rings is 1. The molecule has 2 aromatic heterocycles. The minimum absolute atomic E-state index is 0.106. The fourth-order valence-corrected chi connectivity index (χ4v) is 11.5. The molecule has 12 rings (SSSR count). The molecule has 5 heterocycles. The molecule has 3 aliphatic heterocycles. The first-order valence-electron chi connectivity index (χ1n) is 24.1. The lowest BCUT2D eigenvalue weighted by atomic mass is 9.80. The molecule has 0 amide bonds. The Kier molecular flexibility index (Phi) is 8.48. The summed E-state index contributed by atoms with van der Waals surface area (Å²) in [6.45, 7) is 22.1. The molecule has 1 unspecified atom stereocenters. The Morgan fingerprint density at radius 2 is 1.29 bits per heavy atom. The van der Waals surface area contributed by atoms with E-state index in [0.717, 1.165) is 67.4 Å². The molecule has 0 saturated heterocycles. The highest BCUT2D eigenvalue weighted by Crippen LogP contribution is 2.55. The van der Waals surface area contributed by atoms with Crippen molar-refractivity contribution in [3.05, 3.63) is 191 Å². The second-order valence-electron chi connectivity index (χ2n) is 20.6. The molecule has 9 aromatic rings. The van der Waals surface area contributed by atoms with Crippen LogP contribution in [0.25, 0.3) is 83.9 Å². The molecule has 324 valence electrons. The quantitative estimate of drug-likeness (QED) is 0.153. The van der Waals surface area contributed by atoms with E-state index in [1.54, 1.807) is 0 Å². The summed E-state index contributed by atoms with van der Waals surface area (Å²) in [5.41, 5.74) is 24.5. The van der Waals surface area contributed by atoms with E-state index in [4.69, 9.17) is 4.74 Å². The minimum Gasteiger partial charge on any atom is -0.392 e. The average Bonchev–Trinajstić information content (AvgIpc) is 3.80. The van der Waals surface area contributed by atoms with E-state index < -0.39 is 11.7 Å². The maximum atomic E-state index is 9.22. The first-order chi connectivity index (χ1) is 32.0. The number of nitrogens with zero attached hydrogens (tertiary/aromatic N) is 3. The third-order valence-corrected chi connectivity index (χ3v) is 14.6. The summed E-state index contributed by atoms with van der Waals surface area (Å²) < 4.78 is 24.5. The summed E-state index contributed by atoms with van der Waals surface area (Å²) in [4.78, 5) is 0. The van der Waals surface area contributed by atoms with E-state index in [-0.39, 0.29) is 5.41 Å². The van der Waals surface area contributed by atoms with Gasteiger partial charge in [0.1, 0.15) is 16.8 Å². The zero-order chi connectivity index (χ0) is 46.5. The van der Waals surface area contributed by atoms with Crippen LogP contribution in [-0.2, 0) is 11.3 Å². The van der Waals surface area contributed by atoms with Gasteiger partial charge in [0.2, 0.25) is 5.69 Å². The largest absolute Gasteiger partial charge is 0.499 e. The van der Waals surface area contributed by atoms with Crippen molar-refractivity contribution in [1.29, 1.82) is 0 Å². The highest BCUT2D eigenvalue weighted by atomic mass is 16.5. The molecule has 0 bridgehead atoms. The molecule has 4 nitrogen and oxygen atoms in total. The zero-order valence-corrected chi connectivity index (χ0v) is 39.8. The Morgan fingerprint density at radius 3 is 2.00 bits per heavy atom. The second-order valence-corrected chi connectivity index (χ2v) is 20.6. The van der Waals surface area contributed by atoms with Gasteiger partial charge in [-0.25, -0.2) is 0 Å². The number of ether oxygens (including phenoxy) is 1. The van der Waals surface area contributed by atoms with Crippen LogP contribution < -0.4 is 13.9 Å². The van der Waals surface area contributed by atoms with Crippen molar-refractivity contribution >= 4 is 11.0 Å². The predicted octanol–water partition coefficient (Wildman–Crippen LogP) is 14.9. The van der Waals surface area contributed by atoms with Crippen LogP contribution in [0.5, 0.6) is 5.75 Å². The van der Waals surface area contributed by atoms with E-state index in [2.05, 4.69) is 221 Å². The van der Waals surface area contributed by atoms with Gasteiger partial charge in [0.25, 0.3) is 0 Å². The Morgan fingerprint density at radius 1 is 0.606 bits per heavy atom. The molecule has 0 fully saturated rings. The fraction of sp³-hybridized carbons (Fsp3) is 0.226.